The summed E-state index contributed by atoms with van der Waals surface area (Å²) in [5, 5.41) is 0.831. The van der Waals surface area contributed by atoms with Gasteiger partial charge in [0.15, 0.2) is 16.7 Å². The van der Waals surface area contributed by atoms with Crippen LogP contribution in [-0.4, -0.2) is 23.7 Å². The highest BCUT2D eigenvalue weighted by Crippen LogP contribution is 2.33. The summed E-state index contributed by atoms with van der Waals surface area (Å²) in [5.74, 6) is -0.352. The van der Waals surface area contributed by atoms with E-state index in [9.17, 15) is 13.2 Å². The number of fused-ring (bicyclic) bond motifs is 1. The third kappa shape index (κ3) is 3.79. The van der Waals surface area contributed by atoms with Crippen molar-refractivity contribution in [2.45, 2.75) is 4.90 Å². The van der Waals surface area contributed by atoms with E-state index in [2.05, 4.69) is 15.0 Å². The monoisotopic (exact) mass is 441 g/mol. The van der Waals surface area contributed by atoms with Gasteiger partial charge in [0.25, 0.3) is 0 Å². The number of hydrogen-bond donors (Lipinski definition) is 1. The van der Waals surface area contributed by atoms with E-state index < -0.39 is 11.1 Å². The molecule has 156 valence electrons. The molecule has 0 bridgehead atoms. The van der Waals surface area contributed by atoms with Crippen LogP contribution in [-0.2, 0) is 11.1 Å². The molecular formula is C25H16FN3O2S. The number of nitrogens with zero attached hydrogens (tertiary/aromatic N) is 3. The zero-order valence-corrected chi connectivity index (χ0v) is 17.5. The SMILES string of the molecule is O=S(O)c1ccc(-c2cncc(-c3cc(-c4ccccc4F)nc4ncccc34)c2)cc1. The van der Waals surface area contributed by atoms with Crippen molar-refractivity contribution in [3.63, 3.8) is 0 Å². The smallest absolute Gasteiger partial charge is 0.186 e. The molecule has 1 unspecified atom stereocenters. The second-order valence-corrected chi connectivity index (χ2v) is 8.12. The van der Waals surface area contributed by atoms with Crippen LogP contribution in [0.1, 0.15) is 0 Å². The van der Waals surface area contributed by atoms with Crippen LogP contribution in [0.4, 0.5) is 4.39 Å². The fourth-order valence-electron chi connectivity index (χ4n) is 3.61. The number of aromatic nitrogens is 3. The highest BCUT2D eigenvalue weighted by molar-refractivity contribution is 7.79. The molecule has 0 fully saturated rings. The molecule has 1 N–H and O–H groups in total. The fourth-order valence-corrected chi connectivity index (χ4v) is 3.98. The topological polar surface area (TPSA) is 76.0 Å². The number of halogens is 1. The van der Waals surface area contributed by atoms with Gasteiger partial charge in [-0.2, -0.15) is 0 Å². The van der Waals surface area contributed by atoms with Crippen LogP contribution in [0, 0.1) is 5.82 Å². The second-order valence-electron chi connectivity index (χ2n) is 7.15. The Kier molecular flexibility index (Phi) is 5.26. The Morgan fingerprint density at radius 2 is 1.59 bits per heavy atom. The molecule has 0 aliphatic rings. The molecular weight excluding hydrogens is 425 g/mol. The van der Waals surface area contributed by atoms with E-state index in [0.717, 1.165) is 27.6 Å². The van der Waals surface area contributed by atoms with Crippen LogP contribution in [0.5, 0.6) is 0 Å². The quantitative estimate of drug-likeness (QED) is 0.360. The van der Waals surface area contributed by atoms with Crippen molar-refractivity contribution in [1.29, 1.82) is 0 Å². The van der Waals surface area contributed by atoms with E-state index >= 15 is 0 Å². The first-order valence-corrected chi connectivity index (χ1v) is 10.9. The Hall–Kier alpha value is -3.81. The standard InChI is InChI=1S/C25H16FN3O2S/c26-23-6-2-1-4-21(23)24-13-22(20-5-3-11-28-25(20)29-24)18-12-17(14-27-15-18)16-7-9-19(10-8-16)32(30)31/h1-15H,(H,30,31). The highest BCUT2D eigenvalue weighted by atomic mass is 32.2. The number of hydrogen-bond acceptors (Lipinski definition) is 4. The summed E-state index contributed by atoms with van der Waals surface area (Å²) in [7, 11) is 0. The maximum atomic E-state index is 14.5. The van der Waals surface area contributed by atoms with Gasteiger partial charge >= 0.3 is 0 Å². The summed E-state index contributed by atoms with van der Waals surface area (Å²) in [5.41, 5.74) is 4.78. The van der Waals surface area contributed by atoms with E-state index in [-0.39, 0.29) is 5.82 Å². The minimum absolute atomic E-state index is 0.332. The third-order valence-electron chi connectivity index (χ3n) is 5.17. The van der Waals surface area contributed by atoms with Gasteiger partial charge in [-0.1, -0.05) is 24.3 Å². The van der Waals surface area contributed by atoms with Crippen molar-refractivity contribution in [2.75, 3.05) is 0 Å². The summed E-state index contributed by atoms with van der Waals surface area (Å²) in [6.45, 7) is 0. The summed E-state index contributed by atoms with van der Waals surface area (Å²) in [6, 6.07) is 20.9. The molecule has 3 heterocycles. The Morgan fingerprint density at radius 3 is 2.38 bits per heavy atom. The van der Waals surface area contributed by atoms with Gasteiger partial charge in [-0.05, 0) is 59.7 Å². The Labute approximate surface area is 185 Å². The lowest BCUT2D eigenvalue weighted by molar-refractivity contribution is 0.564. The van der Waals surface area contributed by atoms with Crippen molar-refractivity contribution in [1.82, 2.24) is 15.0 Å². The molecule has 1 atom stereocenters. The molecule has 5 aromatic rings. The van der Waals surface area contributed by atoms with Gasteiger partial charge in [0.05, 0.1) is 10.6 Å². The molecule has 0 saturated heterocycles. The first kappa shape index (κ1) is 20.1. The van der Waals surface area contributed by atoms with Gasteiger partial charge in [-0.3, -0.25) is 4.98 Å². The van der Waals surface area contributed by atoms with Crippen LogP contribution in [0.25, 0.3) is 44.5 Å². The third-order valence-corrected chi connectivity index (χ3v) is 5.85. The molecule has 0 radical (unpaired) electrons. The molecule has 0 spiro atoms. The minimum atomic E-state index is -2.03. The van der Waals surface area contributed by atoms with E-state index in [1.165, 1.54) is 6.07 Å². The van der Waals surface area contributed by atoms with Crippen LogP contribution >= 0.6 is 0 Å². The van der Waals surface area contributed by atoms with Crippen molar-refractivity contribution in [3.8, 4) is 33.5 Å². The fraction of sp³-hybridized carbons (Fsp3) is 0. The first-order valence-electron chi connectivity index (χ1n) is 9.77. The van der Waals surface area contributed by atoms with Gasteiger partial charge in [0.1, 0.15) is 5.82 Å². The molecule has 0 aliphatic carbocycles. The molecule has 5 nitrogen and oxygen atoms in total. The first-order chi connectivity index (χ1) is 15.6. The molecule has 0 amide bonds. The number of rotatable bonds is 4. The largest absolute Gasteiger partial charge is 0.302 e. The predicted molar refractivity (Wildman–Crippen MR) is 123 cm³/mol. The van der Waals surface area contributed by atoms with Gasteiger partial charge in [-0.15, -0.1) is 0 Å². The maximum Gasteiger partial charge on any atom is 0.186 e. The lowest BCUT2D eigenvalue weighted by Crippen LogP contribution is -1.94. The van der Waals surface area contributed by atoms with Gasteiger partial charge < -0.3 is 4.55 Å². The number of benzene rings is 2. The second kappa shape index (κ2) is 8.37. The average Bonchev–Trinajstić information content (AvgIpc) is 2.84. The van der Waals surface area contributed by atoms with Gasteiger partial charge in [-0.25, -0.2) is 18.6 Å². The summed E-state index contributed by atoms with van der Waals surface area (Å²) >= 11 is -2.03. The zero-order valence-electron chi connectivity index (χ0n) is 16.6. The highest BCUT2D eigenvalue weighted by Gasteiger charge is 2.13. The van der Waals surface area contributed by atoms with Crippen molar-refractivity contribution in [3.05, 3.63) is 97.2 Å². The van der Waals surface area contributed by atoms with Crippen molar-refractivity contribution in [2.24, 2.45) is 0 Å². The predicted octanol–water partition coefficient (Wildman–Crippen LogP) is 5.75. The summed E-state index contributed by atoms with van der Waals surface area (Å²) < 4.78 is 35.0. The molecule has 3 aromatic heterocycles. The molecule has 32 heavy (non-hydrogen) atoms. The Morgan fingerprint density at radius 1 is 0.812 bits per heavy atom. The average molecular weight is 441 g/mol. The van der Waals surface area contributed by atoms with Crippen molar-refractivity contribution < 1.29 is 13.2 Å². The molecule has 5 rings (SSSR count). The number of pyridine rings is 3. The lowest BCUT2D eigenvalue weighted by Gasteiger charge is -2.11. The van der Waals surface area contributed by atoms with E-state index in [0.29, 0.717) is 21.8 Å². The Bertz CT molecular complexity index is 1470. The van der Waals surface area contributed by atoms with Gasteiger partial charge in [0.2, 0.25) is 0 Å². The lowest BCUT2D eigenvalue weighted by atomic mass is 9.98. The van der Waals surface area contributed by atoms with E-state index in [4.69, 9.17) is 0 Å². The normalized spacial score (nSPS) is 12.1. The molecule has 7 heteroatoms. The van der Waals surface area contributed by atoms with Crippen LogP contribution in [0.3, 0.4) is 0 Å². The molecule has 0 aliphatic heterocycles. The zero-order chi connectivity index (χ0) is 22.1. The maximum absolute atomic E-state index is 14.5. The molecule has 2 aromatic carbocycles. The van der Waals surface area contributed by atoms with E-state index in [1.807, 2.05) is 24.3 Å². The van der Waals surface area contributed by atoms with Gasteiger partial charge in [0, 0.05) is 40.7 Å². The minimum Gasteiger partial charge on any atom is -0.302 e. The van der Waals surface area contributed by atoms with Crippen LogP contribution in [0.15, 0.2) is 96.3 Å². The van der Waals surface area contributed by atoms with Crippen LogP contribution in [0.2, 0.25) is 0 Å². The molecule has 0 saturated carbocycles. The Balaban J connectivity index is 1.67. The summed E-state index contributed by atoms with van der Waals surface area (Å²) in [6.07, 6.45) is 5.13. The van der Waals surface area contributed by atoms with Crippen molar-refractivity contribution >= 4 is 22.1 Å². The van der Waals surface area contributed by atoms with Crippen LogP contribution < -0.4 is 0 Å². The summed E-state index contributed by atoms with van der Waals surface area (Å²) in [4.78, 5) is 13.7. The van der Waals surface area contributed by atoms with E-state index in [1.54, 1.807) is 61.1 Å².